The minimum Gasteiger partial charge on any atom is -0.456 e. The molecule has 2 heterocycles. The first kappa shape index (κ1) is 17.6. The normalized spacial score (nSPS) is 31.0. The highest BCUT2D eigenvalue weighted by Gasteiger charge is 2.56. The molecular weight excluding hydrogens is 336 g/mol. The molecule has 2 aliphatic rings. The van der Waals surface area contributed by atoms with Crippen molar-refractivity contribution in [2.24, 2.45) is 0 Å². The first-order chi connectivity index (χ1) is 11.5. The van der Waals surface area contributed by atoms with Crippen LogP contribution in [0.25, 0.3) is 0 Å². The van der Waals surface area contributed by atoms with Gasteiger partial charge in [-0.15, -0.1) is 11.6 Å². The molecule has 2 saturated heterocycles. The number of hydrogen-bond acceptors (Lipinski definition) is 6. The van der Waals surface area contributed by atoms with Gasteiger partial charge in [0.1, 0.15) is 12.0 Å². The lowest BCUT2D eigenvalue weighted by atomic mass is 10.1. The molecule has 0 N–H and O–H groups in total. The summed E-state index contributed by atoms with van der Waals surface area (Å²) in [5, 5.41) is 0. The van der Waals surface area contributed by atoms with Crippen molar-refractivity contribution in [2.75, 3.05) is 12.5 Å². The number of alkyl halides is 1. The van der Waals surface area contributed by atoms with Crippen molar-refractivity contribution < 1.29 is 28.5 Å². The van der Waals surface area contributed by atoms with E-state index in [9.17, 15) is 4.79 Å². The predicted octanol–water partition coefficient (Wildman–Crippen LogP) is 2.23. The van der Waals surface area contributed by atoms with Crippen LogP contribution in [0.3, 0.4) is 0 Å². The number of esters is 1. The number of rotatable bonds is 6. The van der Waals surface area contributed by atoms with Crippen LogP contribution in [-0.4, -0.2) is 48.8 Å². The van der Waals surface area contributed by atoms with E-state index in [4.69, 9.17) is 35.3 Å². The van der Waals surface area contributed by atoms with Crippen LogP contribution in [0, 0.1) is 0 Å². The van der Waals surface area contributed by atoms with Gasteiger partial charge in [-0.05, 0) is 19.4 Å². The lowest BCUT2D eigenvalue weighted by molar-refractivity contribution is -0.223. The quantitative estimate of drug-likeness (QED) is 0.575. The molecule has 1 aromatic carbocycles. The molecule has 0 aromatic heterocycles. The highest BCUT2D eigenvalue weighted by atomic mass is 35.5. The van der Waals surface area contributed by atoms with Gasteiger partial charge < -0.3 is 23.7 Å². The SMILES string of the molecule is CC1(C)OC2OC(COCc3ccccc3)C(OC(=O)CCl)C2O1. The Kier molecular flexibility index (Phi) is 5.42. The lowest BCUT2D eigenvalue weighted by Crippen LogP contribution is -2.40. The van der Waals surface area contributed by atoms with Crippen LogP contribution in [0.2, 0.25) is 0 Å². The van der Waals surface area contributed by atoms with E-state index in [0.717, 1.165) is 5.56 Å². The average Bonchev–Trinajstić information content (AvgIpc) is 3.01. The molecule has 4 atom stereocenters. The van der Waals surface area contributed by atoms with Crippen molar-refractivity contribution in [2.45, 2.75) is 50.8 Å². The van der Waals surface area contributed by atoms with Crippen molar-refractivity contribution in [3.8, 4) is 0 Å². The Bertz CT molecular complexity index is 563. The second kappa shape index (κ2) is 7.37. The summed E-state index contributed by atoms with van der Waals surface area (Å²) in [4.78, 5) is 11.6. The Morgan fingerprint density at radius 2 is 2.00 bits per heavy atom. The van der Waals surface area contributed by atoms with Crippen molar-refractivity contribution in [3.63, 3.8) is 0 Å². The second-order valence-corrected chi connectivity index (χ2v) is 6.50. The van der Waals surface area contributed by atoms with Crippen LogP contribution in [0.5, 0.6) is 0 Å². The fraction of sp³-hybridized carbons (Fsp3) is 0.588. The van der Waals surface area contributed by atoms with Gasteiger partial charge in [0, 0.05) is 0 Å². The summed E-state index contributed by atoms with van der Waals surface area (Å²) in [5.41, 5.74) is 1.05. The fourth-order valence-electron chi connectivity index (χ4n) is 2.87. The van der Waals surface area contributed by atoms with E-state index in [2.05, 4.69) is 0 Å². The minimum absolute atomic E-state index is 0.226. The molecule has 7 heteroatoms. The van der Waals surface area contributed by atoms with Crippen molar-refractivity contribution >= 4 is 17.6 Å². The Hall–Kier alpha value is -1.18. The number of carbonyl (C=O) groups is 1. The zero-order chi connectivity index (χ0) is 17.2. The zero-order valence-corrected chi connectivity index (χ0v) is 14.4. The van der Waals surface area contributed by atoms with Gasteiger partial charge in [0.15, 0.2) is 24.3 Å². The summed E-state index contributed by atoms with van der Waals surface area (Å²) < 4.78 is 28.4. The largest absolute Gasteiger partial charge is 0.456 e. The van der Waals surface area contributed by atoms with Gasteiger partial charge in [0.05, 0.1) is 13.2 Å². The molecule has 4 unspecified atom stereocenters. The van der Waals surface area contributed by atoms with Gasteiger partial charge >= 0.3 is 5.97 Å². The number of ether oxygens (including phenoxy) is 5. The molecule has 2 fully saturated rings. The van der Waals surface area contributed by atoms with Crippen LogP contribution in [-0.2, 0) is 35.1 Å². The topological polar surface area (TPSA) is 63.2 Å². The number of fused-ring (bicyclic) bond motifs is 1. The molecular formula is C17H21ClO6. The Morgan fingerprint density at radius 3 is 2.71 bits per heavy atom. The van der Waals surface area contributed by atoms with Crippen LogP contribution in [0.1, 0.15) is 19.4 Å². The van der Waals surface area contributed by atoms with E-state index < -0.39 is 36.4 Å². The minimum atomic E-state index is -0.781. The smallest absolute Gasteiger partial charge is 0.321 e. The number of carbonyl (C=O) groups excluding carboxylic acids is 1. The molecule has 0 aliphatic carbocycles. The van der Waals surface area contributed by atoms with Crippen molar-refractivity contribution in [1.29, 1.82) is 0 Å². The van der Waals surface area contributed by atoms with Gasteiger partial charge in [0.2, 0.25) is 0 Å². The fourth-order valence-corrected chi connectivity index (χ4v) is 2.94. The second-order valence-electron chi connectivity index (χ2n) is 6.23. The summed E-state index contributed by atoms with van der Waals surface area (Å²) in [6.45, 7) is 4.28. The van der Waals surface area contributed by atoms with Gasteiger partial charge in [-0.1, -0.05) is 30.3 Å². The molecule has 3 rings (SSSR count). The third kappa shape index (κ3) is 4.07. The maximum absolute atomic E-state index is 11.6. The Balaban J connectivity index is 1.60. The van der Waals surface area contributed by atoms with Crippen molar-refractivity contribution in [1.82, 2.24) is 0 Å². The highest BCUT2D eigenvalue weighted by Crippen LogP contribution is 2.38. The maximum atomic E-state index is 11.6. The molecule has 1 aromatic rings. The van der Waals surface area contributed by atoms with Gasteiger partial charge in [-0.2, -0.15) is 0 Å². The molecule has 132 valence electrons. The Labute approximate surface area is 145 Å². The summed E-state index contributed by atoms with van der Waals surface area (Å²) in [5.74, 6) is -1.53. The molecule has 0 spiro atoms. The maximum Gasteiger partial charge on any atom is 0.321 e. The Morgan fingerprint density at radius 1 is 1.25 bits per heavy atom. The van der Waals surface area contributed by atoms with Gasteiger partial charge in [0.25, 0.3) is 0 Å². The van der Waals surface area contributed by atoms with E-state index >= 15 is 0 Å². The molecule has 0 amide bonds. The molecule has 0 saturated carbocycles. The monoisotopic (exact) mass is 356 g/mol. The predicted molar refractivity (Wildman–Crippen MR) is 85.4 cm³/mol. The third-order valence-electron chi connectivity index (χ3n) is 3.86. The molecule has 6 nitrogen and oxygen atoms in total. The highest BCUT2D eigenvalue weighted by molar-refractivity contribution is 6.26. The molecule has 0 radical (unpaired) electrons. The van der Waals surface area contributed by atoms with Crippen LogP contribution < -0.4 is 0 Å². The van der Waals surface area contributed by atoms with E-state index in [1.807, 2.05) is 30.3 Å². The first-order valence-corrected chi connectivity index (χ1v) is 8.40. The first-order valence-electron chi connectivity index (χ1n) is 7.87. The van der Waals surface area contributed by atoms with Crippen LogP contribution in [0.4, 0.5) is 0 Å². The number of hydrogen-bond donors (Lipinski definition) is 0. The van der Waals surface area contributed by atoms with E-state index in [1.54, 1.807) is 13.8 Å². The van der Waals surface area contributed by atoms with E-state index in [0.29, 0.717) is 6.61 Å². The standard InChI is InChI=1S/C17H21ClO6/c1-17(2)23-15-14(22-13(19)8-18)12(21-16(15)24-17)10-20-9-11-6-4-3-5-7-11/h3-7,12,14-16H,8-10H2,1-2H3. The molecule has 24 heavy (non-hydrogen) atoms. The summed E-state index contributed by atoms with van der Waals surface area (Å²) in [7, 11) is 0. The van der Waals surface area contributed by atoms with E-state index in [-0.39, 0.29) is 12.5 Å². The molecule has 0 bridgehead atoms. The summed E-state index contributed by atoms with van der Waals surface area (Å²) in [6.07, 6.45) is -2.15. The van der Waals surface area contributed by atoms with Crippen LogP contribution in [0.15, 0.2) is 30.3 Å². The lowest BCUT2D eigenvalue weighted by Gasteiger charge is -2.25. The van der Waals surface area contributed by atoms with Crippen molar-refractivity contribution in [3.05, 3.63) is 35.9 Å². The zero-order valence-electron chi connectivity index (χ0n) is 13.6. The summed E-state index contributed by atoms with van der Waals surface area (Å²) >= 11 is 5.54. The molecule has 2 aliphatic heterocycles. The van der Waals surface area contributed by atoms with Gasteiger partial charge in [-0.25, -0.2) is 0 Å². The number of benzene rings is 1. The van der Waals surface area contributed by atoms with Crippen LogP contribution >= 0.6 is 11.6 Å². The van der Waals surface area contributed by atoms with E-state index in [1.165, 1.54) is 0 Å². The third-order valence-corrected chi connectivity index (χ3v) is 4.08. The van der Waals surface area contributed by atoms with Gasteiger partial charge in [-0.3, -0.25) is 4.79 Å². The number of halogens is 1. The summed E-state index contributed by atoms with van der Waals surface area (Å²) in [6, 6.07) is 9.80. The average molecular weight is 357 g/mol.